The van der Waals surface area contributed by atoms with Crippen LogP contribution in [0.4, 0.5) is 18.9 Å². The van der Waals surface area contributed by atoms with E-state index in [0.29, 0.717) is 44.0 Å². The predicted octanol–water partition coefficient (Wildman–Crippen LogP) is 4.52. The van der Waals surface area contributed by atoms with E-state index in [9.17, 15) is 18.0 Å². The number of rotatable bonds is 5. The number of benzene rings is 2. The molecule has 1 saturated heterocycles. The van der Waals surface area contributed by atoms with E-state index in [1.807, 2.05) is 43.0 Å². The molecule has 1 aliphatic rings. The smallest absolute Gasteiger partial charge is 0.416 e. The fraction of sp³-hybridized carbons (Fsp3) is 0.409. The molecule has 1 atom stereocenters. The molecule has 2 aromatic carbocycles. The van der Waals surface area contributed by atoms with E-state index in [1.165, 1.54) is 6.07 Å². The minimum Gasteiger partial charge on any atom is -0.480 e. The molecular weight excluding hydrogens is 381 g/mol. The Kier molecular flexibility index (Phi) is 6.35. The molecule has 0 saturated carbocycles. The molecule has 0 N–H and O–H groups in total. The molecule has 1 aliphatic heterocycles. The van der Waals surface area contributed by atoms with Gasteiger partial charge in [-0.15, -0.1) is 0 Å². The van der Waals surface area contributed by atoms with Crippen LogP contribution < -0.4 is 9.64 Å². The number of carbonyl (C=O) groups is 1. The standard InChI is InChI=1S/C22H25F3N2O2/c1-3-19(29-20-10-5-4-7-16(20)2)21(28)27-13-11-26(12-14-27)18-9-6-8-17(15-18)22(23,24)25/h4-10,15,19H,3,11-14H2,1-2H3/t19-/m1/s1. The van der Waals surface area contributed by atoms with Crippen LogP contribution in [-0.2, 0) is 11.0 Å². The summed E-state index contributed by atoms with van der Waals surface area (Å²) in [4.78, 5) is 16.5. The minimum atomic E-state index is -4.37. The SMILES string of the molecule is CC[C@@H](Oc1ccccc1C)C(=O)N1CCN(c2cccc(C(F)(F)F)c2)CC1. The third-order valence-electron chi connectivity index (χ3n) is 5.14. The van der Waals surface area contributed by atoms with Crippen LogP contribution in [-0.4, -0.2) is 43.1 Å². The molecular formula is C22H25F3N2O2. The average Bonchev–Trinajstić information content (AvgIpc) is 2.72. The van der Waals surface area contributed by atoms with E-state index in [0.717, 1.165) is 17.7 Å². The zero-order valence-corrected chi connectivity index (χ0v) is 16.6. The average molecular weight is 406 g/mol. The highest BCUT2D eigenvalue weighted by molar-refractivity contribution is 5.81. The first kappa shape index (κ1) is 21.0. The maximum Gasteiger partial charge on any atom is 0.416 e. The fourth-order valence-corrected chi connectivity index (χ4v) is 3.42. The first-order valence-electron chi connectivity index (χ1n) is 9.73. The summed E-state index contributed by atoms with van der Waals surface area (Å²) in [6.07, 6.45) is -4.40. The number of nitrogens with zero attached hydrogens (tertiary/aromatic N) is 2. The largest absolute Gasteiger partial charge is 0.480 e. The van der Waals surface area contributed by atoms with Gasteiger partial charge in [0.2, 0.25) is 0 Å². The van der Waals surface area contributed by atoms with Crippen molar-refractivity contribution in [1.82, 2.24) is 4.90 Å². The first-order valence-corrected chi connectivity index (χ1v) is 9.73. The number of hydrogen-bond acceptors (Lipinski definition) is 3. The van der Waals surface area contributed by atoms with Crippen molar-refractivity contribution in [2.75, 3.05) is 31.1 Å². The van der Waals surface area contributed by atoms with Gasteiger partial charge >= 0.3 is 6.18 Å². The van der Waals surface area contributed by atoms with Gasteiger partial charge in [-0.2, -0.15) is 13.2 Å². The quantitative estimate of drug-likeness (QED) is 0.732. The zero-order chi connectivity index (χ0) is 21.0. The third-order valence-corrected chi connectivity index (χ3v) is 5.14. The molecule has 29 heavy (non-hydrogen) atoms. The van der Waals surface area contributed by atoms with Crippen LogP contribution in [0, 0.1) is 6.92 Å². The fourth-order valence-electron chi connectivity index (χ4n) is 3.42. The van der Waals surface area contributed by atoms with Gasteiger partial charge in [-0.25, -0.2) is 0 Å². The van der Waals surface area contributed by atoms with Crippen molar-refractivity contribution >= 4 is 11.6 Å². The normalized spacial score (nSPS) is 15.9. The van der Waals surface area contributed by atoms with Crippen LogP contribution in [0.25, 0.3) is 0 Å². The van der Waals surface area contributed by atoms with Gasteiger partial charge in [-0.3, -0.25) is 4.79 Å². The molecule has 2 aromatic rings. The highest BCUT2D eigenvalue weighted by Crippen LogP contribution is 2.32. The van der Waals surface area contributed by atoms with Crippen LogP contribution in [0.2, 0.25) is 0 Å². The number of hydrogen-bond donors (Lipinski definition) is 0. The molecule has 0 aromatic heterocycles. The van der Waals surface area contributed by atoms with Gasteiger partial charge in [0.25, 0.3) is 5.91 Å². The van der Waals surface area contributed by atoms with Crippen molar-refractivity contribution in [3.05, 3.63) is 59.7 Å². The Hall–Kier alpha value is -2.70. The lowest BCUT2D eigenvalue weighted by molar-refractivity contribution is -0.139. The van der Waals surface area contributed by atoms with Crippen LogP contribution >= 0.6 is 0 Å². The highest BCUT2D eigenvalue weighted by atomic mass is 19.4. The van der Waals surface area contributed by atoms with Gasteiger partial charge in [-0.05, 0) is 43.2 Å². The second-order valence-electron chi connectivity index (χ2n) is 7.14. The molecule has 7 heteroatoms. The number of amides is 1. The van der Waals surface area contributed by atoms with Crippen LogP contribution in [0.3, 0.4) is 0 Å². The summed E-state index contributed by atoms with van der Waals surface area (Å²) in [5, 5.41) is 0. The zero-order valence-electron chi connectivity index (χ0n) is 16.6. The summed E-state index contributed by atoms with van der Waals surface area (Å²) >= 11 is 0. The number of ether oxygens (including phenoxy) is 1. The molecule has 0 bridgehead atoms. The van der Waals surface area contributed by atoms with Gasteiger partial charge < -0.3 is 14.5 Å². The summed E-state index contributed by atoms with van der Waals surface area (Å²) in [7, 11) is 0. The molecule has 0 spiro atoms. The summed E-state index contributed by atoms with van der Waals surface area (Å²) in [5.74, 6) is 0.606. The predicted molar refractivity (Wildman–Crippen MR) is 106 cm³/mol. The van der Waals surface area contributed by atoms with E-state index in [4.69, 9.17) is 4.74 Å². The summed E-state index contributed by atoms with van der Waals surface area (Å²) < 4.78 is 44.8. The lowest BCUT2D eigenvalue weighted by Gasteiger charge is -2.37. The highest BCUT2D eigenvalue weighted by Gasteiger charge is 2.32. The molecule has 1 heterocycles. The third kappa shape index (κ3) is 5.02. The van der Waals surface area contributed by atoms with Crippen molar-refractivity contribution in [1.29, 1.82) is 0 Å². The van der Waals surface area contributed by atoms with E-state index in [-0.39, 0.29) is 5.91 Å². The molecule has 0 radical (unpaired) electrons. The molecule has 4 nitrogen and oxygen atoms in total. The van der Waals surface area contributed by atoms with E-state index in [2.05, 4.69) is 0 Å². The van der Waals surface area contributed by atoms with Crippen molar-refractivity contribution < 1.29 is 22.7 Å². The number of aryl methyl sites for hydroxylation is 1. The summed E-state index contributed by atoms with van der Waals surface area (Å²) in [6.45, 7) is 5.69. The van der Waals surface area contributed by atoms with Crippen LogP contribution in [0.1, 0.15) is 24.5 Å². The minimum absolute atomic E-state index is 0.0838. The lowest BCUT2D eigenvalue weighted by Crippen LogP contribution is -2.52. The topological polar surface area (TPSA) is 32.8 Å². The maximum absolute atomic E-state index is 13.0. The van der Waals surface area contributed by atoms with Crippen LogP contribution in [0.15, 0.2) is 48.5 Å². The Morgan fingerprint density at radius 1 is 1.07 bits per heavy atom. The van der Waals surface area contributed by atoms with Gasteiger partial charge in [0.05, 0.1) is 5.56 Å². The number of piperazine rings is 1. The Bertz CT molecular complexity index is 846. The second kappa shape index (κ2) is 8.76. The van der Waals surface area contributed by atoms with Crippen molar-refractivity contribution in [2.24, 2.45) is 0 Å². The monoisotopic (exact) mass is 406 g/mol. The molecule has 0 aliphatic carbocycles. The summed E-state index contributed by atoms with van der Waals surface area (Å²) in [6, 6.07) is 12.9. The van der Waals surface area contributed by atoms with Crippen molar-refractivity contribution in [2.45, 2.75) is 32.5 Å². The Labute approximate surface area is 168 Å². The number of para-hydroxylation sites is 1. The molecule has 3 rings (SSSR count). The van der Waals surface area contributed by atoms with Gasteiger partial charge in [0.1, 0.15) is 5.75 Å². The number of alkyl halides is 3. The number of halogens is 3. The molecule has 156 valence electrons. The van der Waals surface area contributed by atoms with Gasteiger partial charge in [0.15, 0.2) is 6.10 Å². The lowest BCUT2D eigenvalue weighted by atomic mass is 10.1. The summed E-state index contributed by atoms with van der Waals surface area (Å²) in [5.41, 5.74) is 0.828. The second-order valence-corrected chi connectivity index (χ2v) is 7.14. The van der Waals surface area contributed by atoms with Crippen molar-refractivity contribution in [3.8, 4) is 5.75 Å². The van der Waals surface area contributed by atoms with Gasteiger partial charge in [0, 0.05) is 31.9 Å². The van der Waals surface area contributed by atoms with Crippen LogP contribution in [0.5, 0.6) is 5.75 Å². The van der Waals surface area contributed by atoms with E-state index in [1.54, 1.807) is 11.0 Å². The maximum atomic E-state index is 13.0. The number of anilines is 1. The first-order chi connectivity index (χ1) is 13.8. The van der Waals surface area contributed by atoms with Crippen molar-refractivity contribution in [3.63, 3.8) is 0 Å². The Balaban J connectivity index is 1.62. The number of carbonyl (C=O) groups excluding carboxylic acids is 1. The molecule has 1 amide bonds. The molecule has 1 fully saturated rings. The Morgan fingerprint density at radius 2 is 1.76 bits per heavy atom. The Morgan fingerprint density at radius 3 is 2.38 bits per heavy atom. The molecule has 0 unspecified atom stereocenters. The van der Waals surface area contributed by atoms with Gasteiger partial charge in [-0.1, -0.05) is 31.2 Å². The van der Waals surface area contributed by atoms with E-state index < -0.39 is 17.8 Å². The van der Waals surface area contributed by atoms with E-state index >= 15 is 0 Å².